The maximum Gasteiger partial charge on any atom is 0.309 e. The van der Waals surface area contributed by atoms with Crippen molar-refractivity contribution in [3.8, 4) is 0 Å². The van der Waals surface area contributed by atoms with E-state index in [1.54, 1.807) is 0 Å². The van der Waals surface area contributed by atoms with Gasteiger partial charge in [-0.15, -0.1) is 0 Å². The molecule has 1 aliphatic rings. The van der Waals surface area contributed by atoms with Crippen molar-refractivity contribution < 1.29 is 14.3 Å². The number of methoxy groups -OCH3 is 1. The quantitative estimate of drug-likeness (QED) is 0.752. The van der Waals surface area contributed by atoms with Crippen LogP contribution in [-0.2, 0) is 14.3 Å². The van der Waals surface area contributed by atoms with E-state index in [0.717, 1.165) is 32.2 Å². The highest BCUT2D eigenvalue weighted by molar-refractivity contribution is 5.81. The van der Waals surface area contributed by atoms with E-state index < -0.39 is 0 Å². The van der Waals surface area contributed by atoms with Gasteiger partial charge in [0.1, 0.15) is 0 Å². The molecule has 116 valence electrons. The Morgan fingerprint density at radius 3 is 2.70 bits per heavy atom. The van der Waals surface area contributed by atoms with Gasteiger partial charge in [-0.3, -0.25) is 14.5 Å². The third-order valence-electron chi connectivity index (χ3n) is 4.02. The number of amides is 1. The molecule has 0 aromatic carbocycles. The van der Waals surface area contributed by atoms with Crippen molar-refractivity contribution >= 4 is 11.9 Å². The number of carbonyl (C=O) groups excluding carboxylic acids is 2. The summed E-state index contributed by atoms with van der Waals surface area (Å²) in [5.74, 6) is -0.213. The summed E-state index contributed by atoms with van der Waals surface area (Å²) in [5.41, 5.74) is 0. The smallest absolute Gasteiger partial charge is 0.309 e. The fourth-order valence-electron chi connectivity index (χ4n) is 2.75. The van der Waals surface area contributed by atoms with Gasteiger partial charge in [0.05, 0.1) is 19.1 Å². The average molecular weight is 284 g/mol. The summed E-state index contributed by atoms with van der Waals surface area (Å²) in [4.78, 5) is 25.9. The first-order chi connectivity index (χ1) is 9.49. The van der Waals surface area contributed by atoms with Crippen LogP contribution in [0.4, 0.5) is 0 Å². The van der Waals surface area contributed by atoms with Gasteiger partial charge < -0.3 is 10.1 Å². The Balaban J connectivity index is 2.51. The molecule has 1 heterocycles. The van der Waals surface area contributed by atoms with E-state index in [0.29, 0.717) is 6.54 Å². The third kappa shape index (κ3) is 4.78. The van der Waals surface area contributed by atoms with Crippen LogP contribution in [0.15, 0.2) is 0 Å². The van der Waals surface area contributed by atoms with Gasteiger partial charge in [-0.25, -0.2) is 0 Å². The summed E-state index contributed by atoms with van der Waals surface area (Å²) in [7, 11) is 1.42. The first-order valence-corrected chi connectivity index (χ1v) is 7.61. The number of nitrogens with one attached hydrogen (secondary N) is 1. The fourth-order valence-corrected chi connectivity index (χ4v) is 2.75. The molecule has 5 heteroatoms. The highest BCUT2D eigenvalue weighted by Gasteiger charge is 2.31. The van der Waals surface area contributed by atoms with Gasteiger partial charge in [-0.2, -0.15) is 0 Å². The fraction of sp³-hybridized carbons (Fsp3) is 0.867. The SMILES string of the molecule is CCCC(C)NC(=O)C(C)N1CCCC(C(=O)OC)C1. The van der Waals surface area contributed by atoms with Crippen molar-refractivity contribution in [2.45, 2.75) is 58.5 Å². The molecule has 1 amide bonds. The number of ether oxygens (including phenoxy) is 1. The molecule has 0 aromatic heterocycles. The first kappa shape index (κ1) is 17.0. The van der Waals surface area contributed by atoms with Gasteiger partial charge in [0.2, 0.25) is 5.91 Å². The molecule has 5 nitrogen and oxygen atoms in total. The van der Waals surface area contributed by atoms with Crippen molar-refractivity contribution in [1.29, 1.82) is 0 Å². The molecule has 0 saturated carbocycles. The Labute approximate surface area is 122 Å². The van der Waals surface area contributed by atoms with Gasteiger partial charge in [0.25, 0.3) is 0 Å². The summed E-state index contributed by atoms with van der Waals surface area (Å²) < 4.78 is 4.81. The number of carbonyl (C=O) groups is 2. The van der Waals surface area contributed by atoms with E-state index in [2.05, 4.69) is 17.1 Å². The molecule has 3 unspecified atom stereocenters. The zero-order valence-electron chi connectivity index (χ0n) is 13.1. The van der Waals surface area contributed by atoms with Crippen LogP contribution in [0.25, 0.3) is 0 Å². The maximum atomic E-state index is 12.2. The molecule has 0 aliphatic carbocycles. The van der Waals surface area contributed by atoms with Crippen LogP contribution in [0.3, 0.4) is 0 Å². The second-order valence-corrected chi connectivity index (χ2v) is 5.73. The molecule has 0 radical (unpaired) electrons. The lowest BCUT2D eigenvalue weighted by Gasteiger charge is -2.35. The first-order valence-electron chi connectivity index (χ1n) is 7.61. The summed E-state index contributed by atoms with van der Waals surface area (Å²) in [6, 6.07) is 0.0120. The Kier molecular flexibility index (Phi) is 6.99. The molecule has 1 fully saturated rings. The number of nitrogens with zero attached hydrogens (tertiary/aromatic N) is 1. The van der Waals surface area contributed by atoms with Crippen LogP contribution in [0.1, 0.15) is 46.5 Å². The van der Waals surface area contributed by atoms with Crippen molar-refractivity contribution in [3.63, 3.8) is 0 Å². The molecule has 1 saturated heterocycles. The number of likely N-dealkylation sites (tertiary alicyclic amines) is 1. The molecular formula is C15H28N2O3. The second-order valence-electron chi connectivity index (χ2n) is 5.73. The third-order valence-corrected chi connectivity index (χ3v) is 4.02. The average Bonchev–Trinajstić information content (AvgIpc) is 2.45. The molecule has 0 aromatic rings. The largest absolute Gasteiger partial charge is 0.469 e. The van der Waals surface area contributed by atoms with Crippen molar-refractivity contribution in [1.82, 2.24) is 10.2 Å². The molecule has 1 rings (SSSR count). The van der Waals surface area contributed by atoms with Gasteiger partial charge >= 0.3 is 5.97 Å². The van der Waals surface area contributed by atoms with Crippen LogP contribution < -0.4 is 5.32 Å². The minimum atomic E-state index is -0.193. The summed E-state index contributed by atoms with van der Waals surface area (Å²) >= 11 is 0. The van der Waals surface area contributed by atoms with Crippen molar-refractivity contribution in [3.05, 3.63) is 0 Å². The maximum absolute atomic E-state index is 12.2. The van der Waals surface area contributed by atoms with Crippen LogP contribution in [0.5, 0.6) is 0 Å². The highest BCUT2D eigenvalue weighted by Crippen LogP contribution is 2.19. The summed E-state index contributed by atoms with van der Waals surface area (Å²) in [5, 5.41) is 3.04. The van der Waals surface area contributed by atoms with Gasteiger partial charge in [0.15, 0.2) is 0 Å². The molecule has 20 heavy (non-hydrogen) atoms. The number of rotatable bonds is 6. The molecule has 3 atom stereocenters. The predicted molar refractivity (Wildman–Crippen MR) is 78.3 cm³/mol. The molecule has 0 bridgehead atoms. The van der Waals surface area contributed by atoms with Crippen LogP contribution in [0, 0.1) is 5.92 Å². The van der Waals surface area contributed by atoms with E-state index >= 15 is 0 Å². The van der Waals surface area contributed by atoms with Gasteiger partial charge in [-0.05, 0) is 39.7 Å². The van der Waals surface area contributed by atoms with Gasteiger partial charge in [-0.1, -0.05) is 13.3 Å². The van der Waals surface area contributed by atoms with E-state index in [-0.39, 0.29) is 29.9 Å². The summed E-state index contributed by atoms with van der Waals surface area (Å²) in [6.07, 6.45) is 3.83. The number of piperidine rings is 1. The number of esters is 1. The Morgan fingerprint density at radius 1 is 1.40 bits per heavy atom. The Morgan fingerprint density at radius 2 is 2.10 bits per heavy atom. The van der Waals surface area contributed by atoms with Crippen LogP contribution in [0.2, 0.25) is 0 Å². The predicted octanol–water partition coefficient (Wildman–Crippen LogP) is 1.56. The minimum absolute atomic E-state index is 0.0523. The minimum Gasteiger partial charge on any atom is -0.469 e. The van der Waals surface area contributed by atoms with E-state index in [1.165, 1.54) is 7.11 Å². The lowest BCUT2D eigenvalue weighted by molar-refractivity contribution is -0.148. The second kappa shape index (κ2) is 8.25. The van der Waals surface area contributed by atoms with Crippen molar-refractivity contribution in [2.75, 3.05) is 20.2 Å². The Bertz CT molecular complexity index is 333. The number of hydrogen-bond donors (Lipinski definition) is 1. The Hall–Kier alpha value is -1.10. The van der Waals surface area contributed by atoms with E-state index in [1.807, 2.05) is 13.8 Å². The molecule has 0 spiro atoms. The topological polar surface area (TPSA) is 58.6 Å². The number of hydrogen-bond acceptors (Lipinski definition) is 4. The molecule has 1 aliphatic heterocycles. The summed E-state index contributed by atoms with van der Waals surface area (Å²) in [6.45, 7) is 7.53. The van der Waals surface area contributed by atoms with E-state index in [9.17, 15) is 9.59 Å². The zero-order valence-corrected chi connectivity index (χ0v) is 13.1. The van der Waals surface area contributed by atoms with Crippen molar-refractivity contribution in [2.24, 2.45) is 5.92 Å². The highest BCUT2D eigenvalue weighted by atomic mass is 16.5. The lowest BCUT2D eigenvalue weighted by atomic mass is 9.97. The van der Waals surface area contributed by atoms with Crippen LogP contribution >= 0.6 is 0 Å². The van der Waals surface area contributed by atoms with E-state index in [4.69, 9.17) is 4.74 Å². The molecule has 1 N–H and O–H groups in total. The normalized spacial score (nSPS) is 22.9. The monoisotopic (exact) mass is 284 g/mol. The standard InChI is InChI=1S/C15H28N2O3/c1-5-7-11(2)16-14(18)12(3)17-9-6-8-13(10-17)15(19)20-4/h11-13H,5-10H2,1-4H3,(H,16,18). The lowest BCUT2D eigenvalue weighted by Crippen LogP contribution is -2.51. The zero-order chi connectivity index (χ0) is 15.1. The van der Waals surface area contributed by atoms with Crippen LogP contribution in [-0.4, -0.2) is 49.1 Å². The van der Waals surface area contributed by atoms with Gasteiger partial charge in [0, 0.05) is 12.6 Å². The molecular weight excluding hydrogens is 256 g/mol.